The van der Waals surface area contributed by atoms with Crippen molar-refractivity contribution >= 4 is 38.6 Å². The van der Waals surface area contributed by atoms with Gasteiger partial charge < -0.3 is 0 Å². The molecule has 0 aliphatic heterocycles. The normalized spacial score (nSPS) is 11.1. The summed E-state index contributed by atoms with van der Waals surface area (Å²) in [6, 6.07) is 8.25. The first kappa shape index (κ1) is 16.8. The lowest BCUT2D eigenvalue weighted by atomic mass is 10.1. The molecule has 0 bridgehead atoms. The van der Waals surface area contributed by atoms with Crippen LogP contribution in [-0.2, 0) is 0 Å². The molecule has 4 heteroatoms. The zero-order chi connectivity index (χ0) is 14.8. The maximum absolute atomic E-state index is 4.42. The maximum atomic E-state index is 4.42. The van der Waals surface area contributed by atoms with E-state index in [1.54, 1.807) is 6.33 Å². The Bertz CT molecular complexity index is 528. The fraction of sp³-hybridized carbons (Fsp3) is 0.529. The van der Waals surface area contributed by atoms with Crippen molar-refractivity contribution in [3.63, 3.8) is 0 Å². The number of nitrogens with zero attached hydrogens (tertiary/aromatic N) is 2. The fourth-order valence-electron chi connectivity index (χ4n) is 2.34. The Morgan fingerprint density at radius 3 is 2.38 bits per heavy atom. The van der Waals surface area contributed by atoms with Crippen LogP contribution >= 0.6 is 27.7 Å². The number of thioether (sulfide) groups is 1. The van der Waals surface area contributed by atoms with Crippen molar-refractivity contribution in [1.82, 2.24) is 9.97 Å². The van der Waals surface area contributed by atoms with Crippen molar-refractivity contribution in [2.45, 2.75) is 50.0 Å². The van der Waals surface area contributed by atoms with Gasteiger partial charge in [0.2, 0.25) is 0 Å². The van der Waals surface area contributed by atoms with Crippen molar-refractivity contribution in [2.75, 3.05) is 11.1 Å². The van der Waals surface area contributed by atoms with Gasteiger partial charge in [-0.1, -0.05) is 66.2 Å². The van der Waals surface area contributed by atoms with Gasteiger partial charge in [-0.05, 0) is 24.7 Å². The SMILES string of the molecule is BrCCCCCCCCCSc1ncnc2ccccc12. The zero-order valence-electron chi connectivity index (χ0n) is 12.4. The molecule has 2 rings (SSSR count). The van der Waals surface area contributed by atoms with Crippen LogP contribution < -0.4 is 0 Å². The Balaban J connectivity index is 1.64. The van der Waals surface area contributed by atoms with Crippen molar-refractivity contribution in [3.8, 4) is 0 Å². The minimum absolute atomic E-state index is 1.04. The molecule has 1 aromatic heterocycles. The summed E-state index contributed by atoms with van der Waals surface area (Å²) < 4.78 is 0. The maximum Gasteiger partial charge on any atom is 0.117 e. The molecule has 114 valence electrons. The summed E-state index contributed by atoms with van der Waals surface area (Å²) in [6.07, 6.45) is 11.1. The highest BCUT2D eigenvalue weighted by Crippen LogP contribution is 2.25. The van der Waals surface area contributed by atoms with Crippen LogP contribution in [0.1, 0.15) is 44.9 Å². The molecule has 0 aliphatic carbocycles. The molecule has 0 saturated carbocycles. The molecule has 0 N–H and O–H groups in total. The smallest absolute Gasteiger partial charge is 0.117 e. The Kier molecular flexibility index (Phi) is 8.12. The largest absolute Gasteiger partial charge is 0.236 e. The molecular weight excluding hydrogens is 344 g/mol. The van der Waals surface area contributed by atoms with E-state index in [2.05, 4.69) is 38.0 Å². The standard InChI is InChI=1S/C17H23BrN2S/c18-12-8-4-2-1-3-5-9-13-21-17-15-10-6-7-11-16(15)19-14-20-17/h6-7,10-11,14H,1-5,8-9,12-13H2. The molecular formula is C17H23BrN2S. The van der Waals surface area contributed by atoms with Gasteiger partial charge >= 0.3 is 0 Å². The lowest BCUT2D eigenvalue weighted by molar-refractivity contribution is 0.606. The highest BCUT2D eigenvalue weighted by Gasteiger charge is 2.03. The van der Waals surface area contributed by atoms with Crippen LogP contribution in [-0.4, -0.2) is 21.1 Å². The molecule has 0 unspecified atom stereocenters. The second-order valence-electron chi connectivity index (χ2n) is 5.21. The zero-order valence-corrected chi connectivity index (χ0v) is 14.8. The van der Waals surface area contributed by atoms with Crippen LogP contribution in [0.2, 0.25) is 0 Å². The van der Waals surface area contributed by atoms with Crippen LogP contribution in [0.3, 0.4) is 0 Å². The van der Waals surface area contributed by atoms with E-state index in [1.165, 1.54) is 50.3 Å². The lowest BCUT2D eigenvalue weighted by Gasteiger charge is -2.04. The lowest BCUT2D eigenvalue weighted by Crippen LogP contribution is -1.88. The van der Waals surface area contributed by atoms with Gasteiger partial charge in [-0.15, -0.1) is 11.8 Å². The van der Waals surface area contributed by atoms with Crippen molar-refractivity contribution in [2.24, 2.45) is 0 Å². The monoisotopic (exact) mass is 366 g/mol. The van der Waals surface area contributed by atoms with Crippen molar-refractivity contribution in [1.29, 1.82) is 0 Å². The third-order valence-corrected chi connectivity index (χ3v) is 5.18. The number of para-hydroxylation sites is 1. The molecule has 1 heterocycles. The molecule has 0 fully saturated rings. The summed E-state index contributed by atoms with van der Waals surface area (Å²) >= 11 is 5.34. The molecule has 0 radical (unpaired) electrons. The van der Waals surface area contributed by atoms with E-state index in [9.17, 15) is 0 Å². The molecule has 0 spiro atoms. The first-order valence-corrected chi connectivity index (χ1v) is 9.91. The Morgan fingerprint density at radius 2 is 1.57 bits per heavy atom. The highest BCUT2D eigenvalue weighted by atomic mass is 79.9. The first-order chi connectivity index (χ1) is 10.4. The van der Waals surface area contributed by atoms with Crippen molar-refractivity contribution < 1.29 is 0 Å². The number of rotatable bonds is 10. The molecule has 0 saturated heterocycles. The number of fused-ring (bicyclic) bond motifs is 1. The summed E-state index contributed by atoms with van der Waals surface area (Å²) in [5.41, 5.74) is 1.04. The molecule has 0 amide bonds. The molecule has 2 nitrogen and oxygen atoms in total. The Labute approximate surface area is 140 Å². The number of unbranched alkanes of at least 4 members (excludes halogenated alkanes) is 6. The van der Waals surface area contributed by atoms with Gasteiger partial charge in [0.1, 0.15) is 11.4 Å². The van der Waals surface area contributed by atoms with Gasteiger partial charge in [0.25, 0.3) is 0 Å². The van der Waals surface area contributed by atoms with Gasteiger partial charge in [-0.2, -0.15) is 0 Å². The van der Waals surface area contributed by atoms with Gasteiger partial charge in [0.05, 0.1) is 5.52 Å². The molecule has 0 atom stereocenters. The average Bonchev–Trinajstić information content (AvgIpc) is 2.53. The second kappa shape index (κ2) is 10.2. The number of aromatic nitrogens is 2. The minimum atomic E-state index is 1.04. The first-order valence-electron chi connectivity index (χ1n) is 7.80. The Morgan fingerprint density at radius 1 is 0.857 bits per heavy atom. The van der Waals surface area contributed by atoms with Crippen LogP contribution in [0, 0.1) is 0 Å². The third-order valence-electron chi connectivity index (χ3n) is 3.52. The van der Waals surface area contributed by atoms with Gasteiger partial charge in [0, 0.05) is 10.7 Å². The third kappa shape index (κ3) is 5.95. The Hall–Kier alpha value is -0.610. The predicted molar refractivity (Wildman–Crippen MR) is 96.4 cm³/mol. The van der Waals surface area contributed by atoms with Gasteiger partial charge in [-0.25, -0.2) is 9.97 Å². The second-order valence-corrected chi connectivity index (χ2v) is 7.08. The van der Waals surface area contributed by atoms with E-state index in [0.717, 1.165) is 21.6 Å². The molecule has 21 heavy (non-hydrogen) atoms. The van der Waals surface area contributed by atoms with Crippen LogP contribution in [0.25, 0.3) is 10.9 Å². The molecule has 0 aliphatic rings. The number of halogens is 1. The number of alkyl halides is 1. The summed E-state index contributed by atoms with van der Waals surface area (Å²) in [4.78, 5) is 8.73. The van der Waals surface area contributed by atoms with E-state index < -0.39 is 0 Å². The molecule has 2 aromatic rings. The average molecular weight is 367 g/mol. The molecule has 1 aromatic carbocycles. The van der Waals surface area contributed by atoms with Crippen LogP contribution in [0.4, 0.5) is 0 Å². The highest BCUT2D eigenvalue weighted by molar-refractivity contribution is 9.09. The quantitative estimate of drug-likeness (QED) is 0.228. The van der Waals surface area contributed by atoms with E-state index in [-0.39, 0.29) is 0 Å². The van der Waals surface area contributed by atoms with E-state index in [4.69, 9.17) is 0 Å². The van der Waals surface area contributed by atoms with E-state index in [0.29, 0.717) is 0 Å². The van der Waals surface area contributed by atoms with Crippen LogP contribution in [0.5, 0.6) is 0 Å². The summed E-state index contributed by atoms with van der Waals surface area (Å²) in [7, 11) is 0. The van der Waals surface area contributed by atoms with E-state index >= 15 is 0 Å². The summed E-state index contributed by atoms with van der Waals surface area (Å²) in [5.74, 6) is 1.16. The topological polar surface area (TPSA) is 25.8 Å². The summed E-state index contributed by atoms with van der Waals surface area (Å²) in [5, 5.41) is 3.45. The predicted octanol–water partition coefficient (Wildman–Crippen LogP) is 5.85. The van der Waals surface area contributed by atoms with Gasteiger partial charge in [-0.3, -0.25) is 0 Å². The van der Waals surface area contributed by atoms with Gasteiger partial charge in [0.15, 0.2) is 0 Å². The van der Waals surface area contributed by atoms with Crippen molar-refractivity contribution in [3.05, 3.63) is 30.6 Å². The number of hydrogen-bond acceptors (Lipinski definition) is 3. The summed E-state index contributed by atoms with van der Waals surface area (Å²) in [6.45, 7) is 0. The van der Waals surface area contributed by atoms with Crippen LogP contribution in [0.15, 0.2) is 35.6 Å². The fourth-order valence-corrected chi connectivity index (χ4v) is 3.73. The number of hydrogen-bond donors (Lipinski definition) is 0. The number of benzene rings is 1. The van der Waals surface area contributed by atoms with E-state index in [1.807, 2.05) is 23.9 Å². The minimum Gasteiger partial charge on any atom is -0.236 e.